The number of Topliss-reactive ketones (excluding diaryl/α,β-unsaturated/α-hetero) is 1. The Morgan fingerprint density at radius 1 is 1.04 bits per heavy atom. The van der Waals surface area contributed by atoms with Crippen LogP contribution in [0.25, 0.3) is 0 Å². The van der Waals surface area contributed by atoms with Gasteiger partial charge < -0.3 is 14.6 Å². The lowest BCUT2D eigenvalue weighted by molar-refractivity contribution is -0.137. The van der Waals surface area contributed by atoms with Crippen LogP contribution in [-0.2, 0) is 6.18 Å². The lowest BCUT2D eigenvalue weighted by Crippen LogP contribution is -2.51. The predicted octanol–water partition coefficient (Wildman–Crippen LogP) is 3.33. The standard InChI is InChI=1S/C18H18F3N3O3/c19-18(20,21)13-3-5-14(6-4-13)22-17(26)24-9-7-23(8-10-24)12-15(25)16-2-1-11-27-16/h1-6,11H,7-10,12H2,(H,22,26). The van der Waals surface area contributed by atoms with Crippen molar-refractivity contribution in [2.45, 2.75) is 6.18 Å². The molecule has 1 N–H and O–H groups in total. The van der Waals surface area contributed by atoms with Gasteiger partial charge in [0.05, 0.1) is 18.4 Å². The van der Waals surface area contributed by atoms with Gasteiger partial charge in [-0.05, 0) is 36.4 Å². The Morgan fingerprint density at radius 2 is 1.70 bits per heavy atom. The molecule has 6 nitrogen and oxygen atoms in total. The number of halogens is 3. The van der Waals surface area contributed by atoms with Gasteiger partial charge in [-0.15, -0.1) is 0 Å². The highest BCUT2D eigenvalue weighted by Gasteiger charge is 2.30. The van der Waals surface area contributed by atoms with Crippen molar-refractivity contribution in [3.63, 3.8) is 0 Å². The summed E-state index contributed by atoms with van der Waals surface area (Å²) < 4.78 is 42.8. The van der Waals surface area contributed by atoms with E-state index in [-0.39, 0.29) is 18.4 Å². The number of benzene rings is 1. The molecule has 27 heavy (non-hydrogen) atoms. The topological polar surface area (TPSA) is 65.8 Å². The zero-order valence-corrected chi connectivity index (χ0v) is 14.3. The molecule has 1 aliphatic rings. The van der Waals surface area contributed by atoms with Crippen LogP contribution >= 0.6 is 0 Å². The number of nitrogens with zero attached hydrogens (tertiary/aromatic N) is 2. The van der Waals surface area contributed by atoms with E-state index in [0.717, 1.165) is 12.1 Å². The molecule has 0 saturated carbocycles. The van der Waals surface area contributed by atoms with Gasteiger partial charge in [-0.25, -0.2) is 4.79 Å². The van der Waals surface area contributed by atoms with Crippen LogP contribution < -0.4 is 5.32 Å². The summed E-state index contributed by atoms with van der Waals surface area (Å²) in [5.74, 6) is 0.181. The van der Waals surface area contributed by atoms with Crippen LogP contribution in [-0.4, -0.2) is 54.3 Å². The lowest BCUT2D eigenvalue weighted by Gasteiger charge is -2.34. The second-order valence-electron chi connectivity index (χ2n) is 6.17. The molecule has 0 bridgehead atoms. The smallest absolute Gasteiger partial charge is 0.416 e. The minimum atomic E-state index is -4.41. The monoisotopic (exact) mass is 381 g/mol. The number of furan rings is 1. The third kappa shape index (κ3) is 4.88. The van der Waals surface area contributed by atoms with Crippen molar-refractivity contribution in [1.82, 2.24) is 9.80 Å². The third-order valence-corrected chi connectivity index (χ3v) is 4.29. The molecular weight excluding hydrogens is 363 g/mol. The van der Waals surface area contributed by atoms with Crippen molar-refractivity contribution in [3.05, 3.63) is 54.0 Å². The van der Waals surface area contributed by atoms with Crippen molar-refractivity contribution < 1.29 is 27.2 Å². The van der Waals surface area contributed by atoms with E-state index in [1.54, 1.807) is 17.0 Å². The number of hydrogen-bond donors (Lipinski definition) is 1. The molecule has 2 amide bonds. The number of amides is 2. The highest BCUT2D eigenvalue weighted by atomic mass is 19.4. The Balaban J connectivity index is 1.48. The van der Waals surface area contributed by atoms with Gasteiger partial charge in [0.15, 0.2) is 5.76 Å². The number of carbonyl (C=O) groups is 2. The summed E-state index contributed by atoms with van der Waals surface area (Å²) in [5, 5.41) is 2.59. The molecule has 1 saturated heterocycles. The lowest BCUT2D eigenvalue weighted by atomic mass is 10.2. The molecule has 1 aliphatic heterocycles. The Bertz CT molecular complexity index is 780. The normalized spacial score (nSPS) is 15.6. The first-order valence-electron chi connectivity index (χ1n) is 8.35. The van der Waals surface area contributed by atoms with Crippen molar-refractivity contribution in [2.24, 2.45) is 0 Å². The van der Waals surface area contributed by atoms with Gasteiger partial charge in [-0.1, -0.05) is 0 Å². The Morgan fingerprint density at radius 3 is 2.26 bits per heavy atom. The number of carbonyl (C=O) groups excluding carboxylic acids is 2. The third-order valence-electron chi connectivity index (χ3n) is 4.29. The Labute approximate surface area is 153 Å². The maximum Gasteiger partial charge on any atom is 0.416 e. The number of nitrogens with one attached hydrogen (secondary N) is 1. The van der Waals surface area contributed by atoms with Gasteiger partial charge in [-0.2, -0.15) is 13.2 Å². The minimum Gasteiger partial charge on any atom is -0.461 e. The minimum absolute atomic E-state index is 0.123. The van der Waals surface area contributed by atoms with Crippen LogP contribution in [0.3, 0.4) is 0 Å². The molecule has 144 valence electrons. The number of rotatable bonds is 4. The van der Waals surface area contributed by atoms with Crippen molar-refractivity contribution in [1.29, 1.82) is 0 Å². The van der Waals surface area contributed by atoms with Crippen LogP contribution in [0.15, 0.2) is 47.1 Å². The second kappa shape index (κ2) is 7.83. The number of hydrogen-bond acceptors (Lipinski definition) is 4. The predicted molar refractivity (Wildman–Crippen MR) is 91.5 cm³/mol. The van der Waals surface area contributed by atoms with Gasteiger partial charge >= 0.3 is 12.2 Å². The van der Waals surface area contributed by atoms with Crippen LogP contribution in [0.5, 0.6) is 0 Å². The van der Waals surface area contributed by atoms with Crippen LogP contribution in [0.4, 0.5) is 23.7 Å². The quantitative estimate of drug-likeness (QED) is 0.825. The average Bonchev–Trinajstić information content (AvgIpc) is 3.17. The van der Waals surface area contributed by atoms with Gasteiger partial charge in [0.25, 0.3) is 0 Å². The first kappa shape index (κ1) is 19.0. The summed E-state index contributed by atoms with van der Waals surface area (Å²) in [6.45, 7) is 2.08. The van der Waals surface area contributed by atoms with Crippen molar-refractivity contribution >= 4 is 17.5 Å². The van der Waals surface area contributed by atoms with Crippen LogP contribution in [0, 0.1) is 0 Å². The Hall–Kier alpha value is -2.81. The maximum atomic E-state index is 12.6. The highest BCUT2D eigenvalue weighted by molar-refractivity contribution is 5.95. The van der Waals surface area contributed by atoms with E-state index >= 15 is 0 Å². The van der Waals surface area contributed by atoms with Gasteiger partial charge in [0.1, 0.15) is 0 Å². The summed E-state index contributed by atoms with van der Waals surface area (Å²) in [6, 6.07) is 7.17. The first-order valence-corrected chi connectivity index (χ1v) is 8.35. The van der Waals surface area contributed by atoms with E-state index in [1.807, 2.05) is 4.90 Å². The van der Waals surface area contributed by atoms with E-state index < -0.39 is 11.7 Å². The molecule has 9 heteroatoms. The molecule has 3 rings (SSSR count). The molecular formula is C18H18F3N3O3. The van der Waals surface area contributed by atoms with Gasteiger partial charge in [0.2, 0.25) is 5.78 Å². The molecule has 0 spiro atoms. The number of anilines is 1. The van der Waals surface area contributed by atoms with Crippen LogP contribution in [0.2, 0.25) is 0 Å². The van der Waals surface area contributed by atoms with Gasteiger partial charge in [0, 0.05) is 31.9 Å². The zero-order chi connectivity index (χ0) is 19.4. The number of ketones is 1. The SMILES string of the molecule is O=C(CN1CCN(C(=O)Nc2ccc(C(F)(F)F)cc2)CC1)c1ccco1. The number of urea groups is 1. The highest BCUT2D eigenvalue weighted by Crippen LogP contribution is 2.29. The number of alkyl halides is 3. The van der Waals surface area contributed by atoms with E-state index in [2.05, 4.69) is 5.32 Å². The van der Waals surface area contributed by atoms with E-state index in [4.69, 9.17) is 4.42 Å². The molecule has 2 heterocycles. The molecule has 0 atom stereocenters. The van der Waals surface area contributed by atoms with Gasteiger partial charge in [-0.3, -0.25) is 9.69 Å². The summed E-state index contributed by atoms with van der Waals surface area (Å²) in [6.07, 6.45) is -2.97. The summed E-state index contributed by atoms with van der Waals surface area (Å²) >= 11 is 0. The second-order valence-corrected chi connectivity index (χ2v) is 6.17. The average molecular weight is 381 g/mol. The Kier molecular flexibility index (Phi) is 5.50. The fourth-order valence-corrected chi connectivity index (χ4v) is 2.77. The molecule has 1 fully saturated rings. The summed E-state index contributed by atoms with van der Waals surface area (Å²) in [4.78, 5) is 27.8. The summed E-state index contributed by atoms with van der Waals surface area (Å²) in [5.41, 5.74) is -0.473. The van der Waals surface area contributed by atoms with E-state index in [1.165, 1.54) is 18.4 Å². The fraction of sp³-hybridized carbons (Fsp3) is 0.333. The summed E-state index contributed by atoms with van der Waals surface area (Å²) in [7, 11) is 0. The van der Waals surface area contributed by atoms with E-state index in [9.17, 15) is 22.8 Å². The fourth-order valence-electron chi connectivity index (χ4n) is 2.77. The molecule has 0 radical (unpaired) electrons. The first-order chi connectivity index (χ1) is 12.8. The molecule has 0 unspecified atom stereocenters. The molecule has 1 aromatic carbocycles. The molecule has 2 aromatic rings. The van der Waals surface area contributed by atoms with Crippen LogP contribution in [0.1, 0.15) is 16.1 Å². The largest absolute Gasteiger partial charge is 0.461 e. The van der Waals surface area contributed by atoms with Crippen molar-refractivity contribution in [3.8, 4) is 0 Å². The molecule has 0 aliphatic carbocycles. The molecule has 1 aromatic heterocycles. The number of piperazine rings is 1. The van der Waals surface area contributed by atoms with Crippen molar-refractivity contribution in [2.75, 3.05) is 38.0 Å². The van der Waals surface area contributed by atoms with E-state index in [0.29, 0.717) is 37.6 Å². The zero-order valence-electron chi connectivity index (χ0n) is 14.3. The maximum absolute atomic E-state index is 12.6.